The first-order chi connectivity index (χ1) is 11.6. The van der Waals surface area contributed by atoms with Crippen molar-refractivity contribution in [3.05, 3.63) is 40.2 Å². The number of hydrogen-bond donors (Lipinski definition) is 1. The molecule has 2 aromatic heterocycles. The van der Waals surface area contributed by atoms with Crippen molar-refractivity contribution in [1.82, 2.24) is 15.2 Å². The van der Waals surface area contributed by atoms with E-state index in [4.69, 9.17) is 4.42 Å². The number of hydrogen-bond acceptors (Lipinski definition) is 5. The molecule has 130 valence electrons. The van der Waals surface area contributed by atoms with Gasteiger partial charge in [0.1, 0.15) is 11.9 Å². The van der Waals surface area contributed by atoms with E-state index in [9.17, 15) is 9.18 Å². The van der Waals surface area contributed by atoms with E-state index in [1.165, 1.54) is 0 Å². The number of furan rings is 1. The van der Waals surface area contributed by atoms with Crippen molar-refractivity contribution in [2.45, 2.75) is 44.9 Å². The summed E-state index contributed by atoms with van der Waals surface area (Å²) in [6.07, 6.45) is 2.18. The number of rotatable bonds is 7. The predicted octanol–water partition coefficient (Wildman–Crippen LogP) is 2.71. The van der Waals surface area contributed by atoms with Crippen LogP contribution in [0.4, 0.5) is 4.39 Å². The molecular weight excluding hydrogens is 329 g/mol. The first-order valence-corrected chi connectivity index (χ1v) is 9.06. The number of carbonyl (C=O) groups is 1. The minimum Gasteiger partial charge on any atom is -0.469 e. The van der Waals surface area contributed by atoms with Crippen LogP contribution in [0.2, 0.25) is 0 Å². The van der Waals surface area contributed by atoms with Crippen LogP contribution in [0.25, 0.3) is 0 Å². The Morgan fingerprint density at radius 1 is 1.58 bits per heavy atom. The normalized spacial score (nSPS) is 21.2. The summed E-state index contributed by atoms with van der Waals surface area (Å²) in [6, 6.07) is 3.69. The van der Waals surface area contributed by atoms with E-state index >= 15 is 0 Å². The molecule has 2 atom stereocenters. The van der Waals surface area contributed by atoms with E-state index in [1.54, 1.807) is 17.6 Å². The lowest BCUT2D eigenvalue weighted by Crippen LogP contribution is -2.39. The maximum Gasteiger partial charge on any atom is 0.220 e. The fourth-order valence-corrected chi connectivity index (χ4v) is 3.63. The van der Waals surface area contributed by atoms with Gasteiger partial charge in [0.25, 0.3) is 0 Å². The number of aryl methyl sites for hydroxylation is 2. The topological polar surface area (TPSA) is 58.4 Å². The summed E-state index contributed by atoms with van der Waals surface area (Å²) in [6.45, 7) is 3.48. The smallest absolute Gasteiger partial charge is 0.220 e. The molecule has 0 unspecified atom stereocenters. The molecule has 1 N–H and O–H groups in total. The van der Waals surface area contributed by atoms with Crippen molar-refractivity contribution >= 4 is 17.2 Å². The molecule has 0 aromatic carbocycles. The highest BCUT2D eigenvalue weighted by Crippen LogP contribution is 2.23. The van der Waals surface area contributed by atoms with Crippen LogP contribution in [-0.4, -0.2) is 41.1 Å². The molecule has 24 heavy (non-hydrogen) atoms. The Morgan fingerprint density at radius 3 is 3.17 bits per heavy atom. The third kappa shape index (κ3) is 4.64. The molecule has 2 aromatic rings. The van der Waals surface area contributed by atoms with Gasteiger partial charge in [-0.2, -0.15) is 0 Å². The zero-order valence-corrected chi connectivity index (χ0v) is 14.5. The summed E-state index contributed by atoms with van der Waals surface area (Å²) in [5.41, 5.74) is 0.973. The predicted molar refractivity (Wildman–Crippen MR) is 90.6 cm³/mol. The zero-order valence-electron chi connectivity index (χ0n) is 13.7. The van der Waals surface area contributed by atoms with Gasteiger partial charge in [-0.15, -0.1) is 11.3 Å². The van der Waals surface area contributed by atoms with Crippen molar-refractivity contribution in [2.24, 2.45) is 0 Å². The Hall–Kier alpha value is -1.73. The van der Waals surface area contributed by atoms with E-state index in [-0.39, 0.29) is 11.9 Å². The molecule has 1 saturated heterocycles. The van der Waals surface area contributed by atoms with Crippen molar-refractivity contribution in [3.63, 3.8) is 0 Å². The van der Waals surface area contributed by atoms with E-state index < -0.39 is 6.17 Å². The molecule has 0 radical (unpaired) electrons. The second-order valence-electron chi connectivity index (χ2n) is 6.16. The monoisotopic (exact) mass is 351 g/mol. The Kier molecular flexibility index (Phi) is 5.63. The SMILES string of the molecule is Cc1nc(CN2C[C@@H](F)C[C@H]2CNC(=O)CCc2ccco2)cs1. The van der Waals surface area contributed by atoms with Gasteiger partial charge < -0.3 is 9.73 Å². The third-order valence-corrected chi connectivity index (χ3v) is 5.04. The molecule has 0 bridgehead atoms. The Bertz CT molecular complexity index is 659. The van der Waals surface area contributed by atoms with Gasteiger partial charge >= 0.3 is 0 Å². The highest BCUT2D eigenvalue weighted by molar-refractivity contribution is 7.09. The fourth-order valence-electron chi connectivity index (χ4n) is 3.03. The molecule has 1 fully saturated rings. The van der Waals surface area contributed by atoms with Crippen LogP contribution in [0, 0.1) is 6.92 Å². The Morgan fingerprint density at radius 2 is 2.46 bits per heavy atom. The van der Waals surface area contributed by atoms with Gasteiger partial charge in [-0.3, -0.25) is 9.69 Å². The number of carbonyl (C=O) groups excluding carboxylic acids is 1. The second-order valence-corrected chi connectivity index (χ2v) is 7.22. The van der Waals surface area contributed by atoms with Crippen LogP contribution >= 0.6 is 11.3 Å². The minimum absolute atomic E-state index is 0.0227. The van der Waals surface area contributed by atoms with E-state index in [0.717, 1.165) is 16.5 Å². The molecule has 7 heteroatoms. The maximum absolute atomic E-state index is 13.8. The third-order valence-electron chi connectivity index (χ3n) is 4.22. The van der Waals surface area contributed by atoms with Crippen LogP contribution in [-0.2, 0) is 17.8 Å². The first-order valence-electron chi connectivity index (χ1n) is 8.18. The summed E-state index contributed by atoms with van der Waals surface area (Å²) < 4.78 is 19.0. The van der Waals surface area contributed by atoms with Gasteiger partial charge in [-0.05, 0) is 25.5 Å². The van der Waals surface area contributed by atoms with Gasteiger partial charge in [0, 0.05) is 43.9 Å². The molecule has 0 saturated carbocycles. The van der Waals surface area contributed by atoms with Gasteiger partial charge in [-0.25, -0.2) is 9.37 Å². The second kappa shape index (κ2) is 7.90. The maximum atomic E-state index is 13.8. The summed E-state index contributed by atoms with van der Waals surface area (Å²) in [5.74, 6) is 0.772. The number of halogens is 1. The molecule has 5 nitrogen and oxygen atoms in total. The fraction of sp³-hybridized carbons (Fsp3) is 0.529. The lowest BCUT2D eigenvalue weighted by molar-refractivity contribution is -0.121. The van der Waals surface area contributed by atoms with Gasteiger partial charge in [-0.1, -0.05) is 0 Å². The van der Waals surface area contributed by atoms with Crippen LogP contribution in [0.15, 0.2) is 28.2 Å². The van der Waals surface area contributed by atoms with Crippen molar-refractivity contribution in [2.75, 3.05) is 13.1 Å². The molecule has 1 aliphatic rings. The molecule has 1 aliphatic heterocycles. The summed E-state index contributed by atoms with van der Waals surface area (Å²) in [4.78, 5) is 18.5. The van der Waals surface area contributed by atoms with Crippen molar-refractivity contribution in [1.29, 1.82) is 0 Å². The van der Waals surface area contributed by atoms with Crippen LogP contribution in [0.3, 0.4) is 0 Å². The van der Waals surface area contributed by atoms with Crippen LogP contribution in [0.5, 0.6) is 0 Å². The highest BCUT2D eigenvalue weighted by atomic mass is 32.1. The number of likely N-dealkylation sites (tertiary alicyclic amines) is 1. The number of aromatic nitrogens is 1. The number of amides is 1. The van der Waals surface area contributed by atoms with Crippen molar-refractivity contribution in [3.8, 4) is 0 Å². The van der Waals surface area contributed by atoms with Gasteiger partial charge in [0.05, 0.1) is 17.0 Å². The Balaban J connectivity index is 1.46. The lowest BCUT2D eigenvalue weighted by atomic mass is 10.2. The van der Waals surface area contributed by atoms with E-state index in [1.807, 2.05) is 24.4 Å². The largest absolute Gasteiger partial charge is 0.469 e. The van der Waals surface area contributed by atoms with E-state index in [0.29, 0.717) is 38.9 Å². The molecule has 3 rings (SSSR count). The lowest BCUT2D eigenvalue weighted by Gasteiger charge is -2.23. The number of nitrogens with zero attached hydrogens (tertiary/aromatic N) is 2. The van der Waals surface area contributed by atoms with Crippen LogP contribution in [0.1, 0.15) is 29.3 Å². The quantitative estimate of drug-likeness (QED) is 0.833. The average molecular weight is 351 g/mol. The summed E-state index contributed by atoms with van der Waals surface area (Å²) >= 11 is 1.60. The molecule has 1 amide bonds. The molecular formula is C17H22FN3O2S. The molecule has 0 spiro atoms. The van der Waals surface area contributed by atoms with E-state index in [2.05, 4.69) is 15.2 Å². The summed E-state index contributed by atoms with van der Waals surface area (Å²) in [5, 5.41) is 5.95. The van der Waals surface area contributed by atoms with Gasteiger partial charge in [0.15, 0.2) is 0 Å². The number of thiazole rings is 1. The highest BCUT2D eigenvalue weighted by Gasteiger charge is 2.32. The van der Waals surface area contributed by atoms with Crippen molar-refractivity contribution < 1.29 is 13.6 Å². The van der Waals surface area contributed by atoms with Crippen LogP contribution < -0.4 is 5.32 Å². The first kappa shape index (κ1) is 17.1. The number of alkyl halides is 1. The average Bonchev–Trinajstić information content (AvgIpc) is 3.26. The zero-order chi connectivity index (χ0) is 16.9. The molecule has 3 heterocycles. The summed E-state index contributed by atoms with van der Waals surface area (Å²) in [7, 11) is 0. The minimum atomic E-state index is -0.838. The molecule has 0 aliphatic carbocycles. The Labute approximate surface area is 144 Å². The number of nitrogens with one attached hydrogen (secondary N) is 1. The standard InChI is InChI=1S/C17H22FN3O2S/c1-12-20-14(11-24-12)10-21-9-13(18)7-15(21)8-19-17(22)5-4-16-3-2-6-23-16/h2-3,6,11,13,15H,4-5,7-10H2,1H3,(H,19,22)/t13-,15-/m0/s1. The van der Waals surface area contributed by atoms with Gasteiger partial charge in [0.2, 0.25) is 5.91 Å².